The average molecular weight is 392 g/mol. The largest absolute Gasteiger partial charge is 0.489 e. The van der Waals surface area contributed by atoms with Crippen molar-refractivity contribution in [2.24, 2.45) is 14.1 Å². The molecule has 0 saturated carbocycles. The topological polar surface area (TPSA) is 94.4 Å². The zero-order chi connectivity index (χ0) is 20.5. The van der Waals surface area contributed by atoms with E-state index in [-0.39, 0.29) is 5.82 Å². The van der Waals surface area contributed by atoms with Crippen LogP contribution in [0.5, 0.6) is 5.75 Å². The van der Waals surface area contributed by atoms with E-state index in [0.717, 1.165) is 10.1 Å². The molecular weight excluding hydrogens is 372 g/mol. The van der Waals surface area contributed by atoms with Crippen molar-refractivity contribution in [1.29, 1.82) is 0 Å². The highest BCUT2D eigenvalue weighted by Gasteiger charge is 2.31. The molecule has 3 aromatic rings. The van der Waals surface area contributed by atoms with Crippen molar-refractivity contribution >= 4 is 11.8 Å². The quantitative estimate of drug-likeness (QED) is 0.709. The van der Waals surface area contributed by atoms with Crippen molar-refractivity contribution in [3.8, 4) is 5.75 Å². The number of ether oxygens (including phenoxy) is 1. The van der Waals surface area contributed by atoms with E-state index in [1.165, 1.54) is 18.7 Å². The lowest BCUT2D eigenvalue weighted by Crippen LogP contribution is -2.49. The Morgan fingerprint density at radius 1 is 0.931 bits per heavy atom. The minimum Gasteiger partial charge on any atom is -0.489 e. The van der Waals surface area contributed by atoms with Gasteiger partial charge in [-0.05, 0) is 23.3 Å². The van der Waals surface area contributed by atoms with Gasteiger partial charge in [0, 0.05) is 14.1 Å². The fraction of sp³-hybridized carbons (Fsp3) is 0.190. The molecule has 1 atom stereocenters. The molecule has 4 rings (SSSR count). The fourth-order valence-electron chi connectivity index (χ4n) is 3.38. The van der Waals surface area contributed by atoms with E-state index >= 15 is 0 Å². The van der Waals surface area contributed by atoms with Gasteiger partial charge in [-0.1, -0.05) is 42.5 Å². The highest BCUT2D eigenvalue weighted by atomic mass is 16.5. The van der Waals surface area contributed by atoms with Crippen LogP contribution in [-0.2, 0) is 20.7 Å². The summed E-state index contributed by atoms with van der Waals surface area (Å²) in [7, 11) is 2.93. The van der Waals surface area contributed by atoms with Crippen LogP contribution in [-0.4, -0.2) is 15.2 Å². The molecule has 2 heterocycles. The first kappa shape index (κ1) is 18.5. The smallest absolute Gasteiger partial charge is 0.332 e. The average Bonchev–Trinajstić information content (AvgIpc) is 2.75. The predicted octanol–water partition coefficient (Wildman–Crippen LogP) is 1.89. The van der Waals surface area contributed by atoms with Gasteiger partial charge in [-0.2, -0.15) is 0 Å². The van der Waals surface area contributed by atoms with E-state index in [4.69, 9.17) is 4.74 Å². The molecule has 2 N–H and O–H groups in total. The van der Waals surface area contributed by atoms with Crippen LogP contribution in [0.4, 0.5) is 10.6 Å². The number of hydrogen-bond acceptors (Lipinski definition) is 4. The summed E-state index contributed by atoms with van der Waals surface area (Å²) in [5.74, 6) is 0.878. The number of amides is 2. The van der Waals surface area contributed by atoms with Crippen LogP contribution in [0.25, 0.3) is 0 Å². The fourth-order valence-corrected chi connectivity index (χ4v) is 3.38. The van der Waals surface area contributed by atoms with Gasteiger partial charge in [-0.15, -0.1) is 0 Å². The third kappa shape index (κ3) is 3.40. The molecule has 0 unspecified atom stereocenters. The molecule has 0 bridgehead atoms. The van der Waals surface area contributed by atoms with Crippen LogP contribution in [0.1, 0.15) is 22.7 Å². The Morgan fingerprint density at radius 2 is 1.62 bits per heavy atom. The summed E-state index contributed by atoms with van der Waals surface area (Å²) < 4.78 is 8.09. The normalized spacial score (nSPS) is 15.2. The van der Waals surface area contributed by atoms with E-state index in [0.29, 0.717) is 23.5 Å². The van der Waals surface area contributed by atoms with E-state index in [1.54, 1.807) is 24.3 Å². The Kier molecular flexibility index (Phi) is 4.67. The molecule has 148 valence electrons. The molecule has 0 saturated heterocycles. The summed E-state index contributed by atoms with van der Waals surface area (Å²) in [6, 6.07) is 15.8. The minimum absolute atomic E-state index is 0.205. The van der Waals surface area contributed by atoms with Crippen molar-refractivity contribution in [3.63, 3.8) is 0 Å². The van der Waals surface area contributed by atoms with Crippen LogP contribution in [0.3, 0.4) is 0 Å². The lowest BCUT2D eigenvalue weighted by atomic mass is 9.98. The van der Waals surface area contributed by atoms with Gasteiger partial charge in [0.1, 0.15) is 18.2 Å². The van der Waals surface area contributed by atoms with Gasteiger partial charge in [0.25, 0.3) is 5.56 Å². The zero-order valence-electron chi connectivity index (χ0n) is 16.0. The van der Waals surface area contributed by atoms with Gasteiger partial charge in [0.05, 0.1) is 11.6 Å². The van der Waals surface area contributed by atoms with E-state index in [2.05, 4.69) is 10.6 Å². The van der Waals surface area contributed by atoms with Gasteiger partial charge >= 0.3 is 11.7 Å². The molecule has 2 aromatic carbocycles. The molecule has 0 spiro atoms. The predicted molar refractivity (Wildman–Crippen MR) is 108 cm³/mol. The van der Waals surface area contributed by atoms with Crippen LogP contribution < -0.4 is 26.6 Å². The molecule has 2 amide bonds. The number of hydrogen-bond donors (Lipinski definition) is 2. The van der Waals surface area contributed by atoms with Crippen molar-refractivity contribution in [1.82, 2.24) is 14.5 Å². The summed E-state index contributed by atoms with van der Waals surface area (Å²) in [5.41, 5.74) is 1.13. The molecule has 0 aliphatic carbocycles. The molecule has 1 aromatic heterocycles. The molecule has 8 heteroatoms. The number of fused-ring (bicyclic) bond motifs is 1. The number of aromatic nitrogens is 2. The molecule has 1 aliphatic rings. The maximum absolute atomic E-state index is 12.7. The van der Waals surface area contributed by atoms with Crippen molar-refractivity contribution in [2.75, 3.05) is 5.32 Å². The van der Waals surface area contributed by atoms with Gasteiger partial charge in [0.2, 0.25) is 0 Å². The molecule has 29 heavy (non-hydrogen) atoms. The molecule has 8 nitrogen and oxygen atoms in total. The molecule has 0 radical (unpaired) electrons. The first-order valence-electron chi connectivity index (χ1n) is 9.10. The second-order valence-electron chi connectivity index (χ2n) is 6.84. The lowest BCUT2D eigenvalue weighted by Gasteiger charge is -2.28. The van der Waals surface area contributed by atoms with E-state index in [1.807, 2.05) is 30.3 Å². The number of anilines is 1. The first-order valence-corrected chi connectivity index (χ1v) is 9.10. The summed E-state index contributed by atoms with van der Waals surface area (Å²) in [4.78, 5) is 37.0. The number of nitrogens with zero attached hydrogens (tertiary/aromatic N) is 2. The molecular formula is C21H20N4O4. The Hall–Kier alpha value is -3.81. The van der Waals surface area contributed by atoms with Crippen molar-refractivity contribution in [3.05, 3.63) is 92.1 Å². The van der Waals surface area contributed by atoms with Crippen LogP contribution >= 0.6 is 0 Å². The third-order valence-corrected chi connectivity index (χ3v) is 4.96. The number of carbonyl (C=O) groups is 1. The Bertz CT molecular complexity index is 1180. The van der Waals surface area contributed by atoms with Crippen molar-refractivity contribution < 1.29 is 9.53 Å². The number of nitrogens with one attached hydrogen (secondary N) is 2. The number of benzene rings is 2. The highest BCUT2D eigenvalue weighted by Crippen LogP contribution is 2.29. The SMILES string of the molecule is Cn1c2c(c(=O)n(C)c1=O)[C@@H](c1ccc(OCc3ccccc3)cc1)NC(=O)N2. The molecule has 0 fully saturated rings. The number of carbonyl (C=O) groups excluding carboxylic acids is 1. The maximum Gasteiger partial charge on any atom is 0.332 e. The van der Waals surface area contributed by atoms with Gasteiger partial charge < -0.3 is 10.1 Å². The maximum atomic E-state index is 12.7. The summed E-state index contributed by atoms with van der Waals surface area (Å²) in [6.45, 7) is 0.440. The molecule has 1 aliphatic heterocycles. The number of rotatable bonds is 4. The van der Waals surface area contributed by atoms with E-state index in [9.17, 15) is 14.4 Å². The second kappa shape index (κ2) is 7.31. The highest BCUT2D eigenvalue weighted by molar-refractivity contribution is 5.92. The Balaban J connectivity index is 1.65. The van der Waals surface area contributed by atoms with Gasteiger partial charge in [0.15, 0.2) is 0 Å². The third-order valence-electron chi connectivity index (χ3n) is 4.96. The number of urea groups is 1. The van der Waals surface area contributed by atoms with Crippen LogP contribution in [0.2, 0.25) is 0 Å². The summed E-state index contributed by atoms with van der Waals surface area (Å²) in [5, 5.41) is 5.32. The summed E-state index contributed by atoms with van der Waals surface area (Å²) in [6.07, 6.45) is 0. The monoisotopic (exact) mass is 392 g/mol. The van der Waals surface area contributed by atoms with Gasteiger partial charge in [-0.3, -0.25) is 19.2 Å². The van der Waals surface area contributed by atoms with Crippen LogP contribution in [0, 0.1) is 0 Å². The summed E-state index contributed by atoms with van der Waals surface area (Å²) >= 11 is 0. The van der Waals surface area contributed by atoms with Crippen molar-refractivity contribution in [2.45, 2.75) is 12.6 Å². The van der Waals surface area contributed by atoms with Gasteiger partial charge in [-0.25, -0.2) is 9.59 Å². The zero-order valence-corrected chi connectivity index (χ0v) is 16.0. The lowest BCUT2D eigenvalue weighted by molar-refractivity contribution is 0.248. The van der Waals surface area contributed by atoms with E-state index < -0.39 is 23.3 Å². The minimum atomic E-state index is -0.674. The second-order valence-corrected chi connectivity index (χ2v) is 6.84. The first-order chi connectivity index (χ1) is 14.0. The Labute approximate surface area is 166 Å². The Morgan fingerprint density at radius 3 is 2.31 bits per heavy atom. The van der Waals surface area contributed by atoms with Crippen LogP contribution in [0.15, 0.2) is 64.2 Å². The standard InChI is InChI=1S/C21H20N4O4/c1-24-18-16(19(26)25(2)21(24)28)17(22-20(27)23-18)14-8-10-15(11-9-14)29-12-13-6-4-3-5-7-13/h3-11,17H,12H2,1-2H3,(H2,22,23,27)/t17-/m1/s1.